The third-order valence-electron chi connectivity index (χ3n) is 4.13. The van der Waals surface area contributed by atoms with Crippen molar-refractivity contribution in [3.63, 3.8) is 0 Å². The Morgan fingerprint density at radius 2 is 1.77 bits per heavy atom. The van der Waals surface area contributed by atoms with Crippen LogP contribution in [0.5, 0.6) is 0 Å². The van der Waals surface area contributed by atoms with Gasteiger partial charge in [-0.1, -0.05) is 19.6 Å². The Hall–Kier alpha value is -1.75. The molecule has 2 amide bonds. The van der Waals surface area contributed by atoms with Gasteiger partial charge >= 0.3 is 12.2 Å². The van der Waals surface area contributed by atoms with Crippen LogP contribution in [0.2, 0.25) is 25.7 Å². The molecule has 0 spiro atoms. The van der Waals surface area contributed by atoms with E-state index in [1.165, 1.54) is 5.01 Å². The molecule has 148 valence electrons. The van der Waals surface area contributed by atoms with Crippen molar-refractivity contribution in [2.75, 3.05) is 6.61 Å². The van der Waals surface area contributed by atoms with Crippen LogP contribution in [0.3, 0.4) is 0 Å². The lowest BCUT2D eigenvalue weighted by Gasteiger charge is -2.35. The first-order chi connectivity index (χ1) is 11.9. The summed E-state index contributed by atoms with van der Waals surface area (Å²) in [7, 11) is -1.32. The fourth-order valence-corrected chi connectivity index (χ4v) is 3.38. The second-order valence-corrected chi connectivity index (χ2v) is 14.7. The fraction of sp³-hybridized carbons (Fsp3) is 0.833. The lowest BCUT2D eigenvalue weighted by atomic mass is 9.87. The summed E-state index contributed by atoms with van der Waals surface area (Å²) in [4.78, 5) is 24.7. The number of hydrogen-bond acceptors (Lipinski definition) is 5. The molecule has 1 aliphatic rings. The molecule has 0 saturated heterocycles. The molecule has 0 bridgehead atoms. The van der Waals surface area contributed by atoms with E-state index in [0.29, 0.717) is 32.3 Å². The summed E-state index contributed by atoms with van der Waals surface area (Å²) < 4.78 is 10.7. The summed E-state index contributed by atoms with van der Waals surface area (Å²) in [5.41, 5.74) is 1.89. The third kappa shape index (κ3) is 8.56. The molecule has 1 aliphatic carbocycles. The molecule has 0 aliphatic heterocycles. The minimum atomic E-state index is -1.32. The molecule has 0 radical (unpaired) electrons. The van der Waals surface area contributed by atoms with Crippen molar-refractivity contribution in [3.05, 3.63) is 0 Å². The van der Waals surface area contributed by atoms with Gasteiger partial charge in [0.25, 0.3) is 0 Å². The normalized spacial score (nSPS) is 20.7. The maximum atomic E-state index is 12.6. The van der Waals surface area contributed by atoms with Gasteiger partial charge in [0.2, 0.25) is 0 Å². The smallest absolute Gasteiger partial charge is 0.429 e. The number of nitriles is 1. The van der Waals surface area contributed by atoms with Crippen molar-refractivity contribution >= 4 is 20.3 Å². The summed E-state index contributed by atoms with van der Waals surface area (Å²) in [6.07, 6.45) is 1.47. The number of amides is 2. The van der Waals surface area contributed by atoms with Crippen molar-refractivity contribution in [3.8, 4) is 6.07 Å². The predicted molar refractivity (Wildman–Crippen MR) is 102 cm³/mol. The monoisotopic (exact) mass is 383 g/mol. The summed E-state index contributed by atoms with van der Waals surface area (Å²) in [5.74, 6) is 0.0116. The number of ether oxygens (including phenoxy) is 2. The van der Waals surface area contributed by atoms with Gasteiger partial charge in [0.1, 0.15) is 5.60 Å². The van der Waals surface area contributed by atoms with E-state index in [-0.39, 0.29) is 12.0 Å². The highest BCUT2D eigenvalue weighted by molar-refractivity contribution is 6.76. The van der Waals surface area contributed by atoms with E-state index in [1.54, 1.807) is 20.8 Å². The SMILES string of the molecule is CC(C)(C)OC(=O)NN(C(=O)OCC[Si](C)(C)C)C1CCC(C#N)CC1. The number of carbonyl (C=O) groups excluding carboxylic acids is 2. The molecular formula is C18H33N3O4Si. The van der Waals surface area contributed by atoms with Crippen molar-refractivity contribution in [2.45, 2.75) is 83.8 Å². The summed E-state index contributed by atoms with van der Waals surface area (Å²) in [6, 6.07) is 2.95. The first kappa shape index (κ1) is 22.3. The predicted octanol–water partition coefficient (Wildman–Crippen LogP) is 4.29. The Kier molecular flexibility index (Phi) is 7.94. The Bertz CT molecular complexity index is 526. The van der Waals surface area contributed by atoms with Crippen molar-refractivity contribution < 1.29 is 19.1 Å². The Morgan fingerprint density at radius 1 is 1.19 bits per heavy atom. The standard InChI is InChI=1S/C18H33N3O4Si/c1-18(2,3)25-16(22)20-21(15-9-7-14(13-19)8-10-15)17(23)24-11-12-26(4,5)6/h14-15H,7-12H2,1-6H3,(H,20,22). The van der Waals surface area contributed by atoms with Crippen LogP contribution in [0.25, 0.3) is 0 Å². The van der Waals surface area contributed by atoms with Gasteiger partial charge in [-0.15, -0.1) is 0 Å². The van der Waals surface area contributed by atoms with Gasteiger partial charge in [-0.25, -0.2) is 20.0 Å². The topological polar surface area (TPSA) is 91.7 Å². The Labute approximate surface area is 158 Å². The molecule has 0 aromatic rings. The first-order valence-corrected chi connectivity index (χ1v) is 13.0. The molecule has 1 N–H and O–H groups in total. The lowest BCUT2D eigenvalue weighted by molar-refractivity contribution is 0.0138. The van der Waals surface area contributed by atoms with Crippen molar-refractivity contribution in [1.29, 1.82) is 5.26 Å². The average molecular weight is 384 g/mol. The van der Waals surface area contributed by atoms with Crippen molar-refractivity contribution in [2.24, 2.45) is 5.92 Å². The molecule has 7 nitrogen and oxygen atoms in total. The quantitative estimate of drug-likeness (QED) is 0.577. The number of hydrogen-bond donors (Lipinski definition) is 1. The van der Waals surface area contributed by atoms with Crippen LogP contribution >= 0.6 is 0 Å². The number of nitrogens with one attached hydrogen (secondary N) is 1. The van der Waals surface area contributed by atoms with Crippen LogP contribution in [-0.2, 0) is 9.47 Å². The maximum absolute atomic E-state index is 12.6. The second-order valence-electron chi connectivity index (χ2n) is 9.04. The Balaban J connectivity index is 2.73. The fourth-order valence-electron chi connectivity index (χ4n) is 2.66. The number of nitrogens with zero attached hydrogens (tertiary/aromatic N) is 2. The number of hydrazine groups is 1. The summed E-state index contributed by atoms with van der Waals surface area (Å²) in [6.45, 7) is 12.3. The van der Waals surface area contributed by atoms with Crippen LogP contribution in [0.15, 0.2) is 0 Å². The highest BCUT2D eigenvalue weighted by atomic mass is 28.3. The molecule has 0 heterocycles. The van der Waals surface area contributed by atoms with E-state index in [4.69, 9.17) is 14.7 Å². The zero-order valence-corrected chi connectivity index (χ0v) is 17.9. The average Bonchev–Trinajstić information content (AvgIpc) is 2.49. The molecule has 1 rings (SSSR count). The van der Waals surface area contributed by atoms with E-state index >= 15 is 0 Å². The van der Waals surface area contributed by atoms with Crippen LogP contribution in [-0.4, -0.2) is 43.5 Å². The van der Waals surface area contributed by atoms with Crippen LogP contribution in [0, 0.1) is 17.2 Å². The van der Waals surface area contributed by atoms with Crippen molar-refractivity contribution in [1.82, 2.24) is 10.4 Å². The Morgan fingerprint density at radius 3 is 2.23 bits per heavy atom. The minimum absolute atomic E-state index is 0.0116. The molecule has 8 heteroatoms. The molecule has 0 aromatic carbocycles. The van der Waals surface area contributed by atoms with E-state index < -0.39 is 25.9 Å². The second kappa shape index (κ2) is 9.26. The van der Waals surface area contributed by atoms with Gasteiger partial charge in [0.05, 0.1) is 18.7 Å². The summed E-state index contributed by atoms with van der Waals surface area (Å²) in [5, 5.41) is 10.3. The van der Waals surface area contributed by atoms with E-state index in [0.717, 1.165) is 6.04 Å². The highest BCUT2D eigenvalue weighted by Gasteiger charge is 2.32. The largest absolute Gasteiger partial charge is 0.448 e. The van der Waals surface area contributed by atoms with E-state index in [2.05, 4.69) is 31.1 Å². The van der Waals surface area contributed by atoms with Gasteiger partial charge in [-0.2, -0.15) is 5.26 Å². The molecule has 26 heavy (non-hydrogen) atoms. The zero-order chi connectivity index (χ0) is 20.0. The number of rotatable bonds is 4. The third-order valence-corrected chi connectivity index (χ3v) is 5.83. The van der Waals surface area contributed by atoms with Gasteiger partial charge in [-0.05, 0) is 52.5 Å². The summed E-state index contributed by atoms with van der Waals surface area (Å²) >= 11 is 0. The molecule has 0 atom stereocenters. The van der Waals surface area contributed by atoms with Crippen LogP contribution < -0.4 is 5.43 Å². The molecular weight excluding hydrogens is 350 g/mol. The van der Waals surface area contributed by atoms with Gasteiger partial charge in [0, 0.05) is 14.0 Å². The number of carbonyl (C=O) groups is 2. The zero-order valence-electron chi connectivity index (χ0n) is 16.9. The molecule has 1 saturated carbocycles. The lowest BCUT2D eigenvalue weighted by Crippen LogP contribution is -2.54. The van der Waals surface area contributed by atoms with Crippen LogP contribution in [0.4, 0.5) is 9.59 Å². The molecule has 0 aromatic heterocycles. The van der Waals surface area contributed by atoms with Crippen LogP contribution in [0.1, 0.15) is 46.5 Å². The molecule has 0 unspecified atom stereocenters. The van der Waals surface area contributed by atoms with E-state index in [9.17, 15) is 9.59 Å². The van der Waals surface area contributed by atoms with E-state index in [1.807, 2.05) is 0 Å². The highest BCUT2D eigenvalue weighted by Crippen LogP contribution is 2.27. The minimum Gasteiger partial charge on any atom is -0.448 e. The molecule has 1 fully saturated rings. The first-order valence-electron chi connectivity index (χ1n) is 9.26. The van der Waals surface area contributed by atoms with Gasteiger partial charge in [0.15, 0.2) is 0 Å². The van der Waals surface area contributed by atoms with Gasteiger partial charge < -0.3 is 9.47 Å². The maximum Gasteiger partial charge on any atom is 0.429 e. The van der Waals surface area contributed by atoms with Gasteiger partial charge in [-0.3, -0.25) is 0 Å².